The second kappa shape index (κ2) is 8.21. The van der Waals surface area contributed by atoms with E-state index >= 15 is 0 Å². The van der Waals surface area contributed by atoms with Crippen molar-refractivity contribution in [3.8, 4) is 17.3 Å². The highest BCUT2D eigenvalue weighted by Gasteiger charge is 2.21. The molecule has 1 N–H and O–H groups in total. The largest absolute Gasteiger partial charge is 0.461 e. The quantitative estimate of drug-likeness (QED) is 0.614. The van der Waals surface area contributed by atoms with Gasteiger partial charge in [-0.3, -0.25) is 4.79 Å². The number of anilines is 1. The van der Waals surface area contributed by atoms with Crippen molar-refractivity contribution in [2.75, 3.05) is 5.32 Å². The van der Waals surface area contributed by atoms with Gasteiger partial charge < -0.3 is 19.0 Å². The topological polar surface area (TPSA) is 82.2 Å². The van der Waals surface area contributed by atoms with Crippen molar-refractivity contribution in [1.82, 2.24) is 14.8 Å². The monoisotopic (exact) mass is 394 g/mol. The number of para-hydroxylation sites is 2. The van der Waals surface area contributed by atoms with Crippen LogP contribution in [-0.4, -0.2) is 32.5 Å². The van der Waals surface area contributed by atoms with Crippen molar-refractivity contribution in [1.29, 1.82) is 0 Å². The van der Waals surface area contributed by atoms with E-state index in [9.17, 15) is 13.6 Å². The molecule has 0 aliphatic rings. The molecule has 0 fully saturated rings. The fourth-order valence-corrected chi connectivity index (χ4v) is 3.07. The van der Waals surface area contributed by atoms with Gasteiger partial charge in [-0.15, -0.1) is 10.2 Å². The summed E-state index contributed by atoms with van der Waals surface area (Å²) in [6.07, 6.45) is 1.53. The van der Waals surface area contributed by atoms with Gasteiger partial charge in [-0.1, -0.05) is 23.9 Å². The summed E-state index contributed by atoms with van der Waals surface area (Å²) in [6.45, 7) is -1.30. The molecule has 0 bridgehead atoms. The fourth-order valence-electron chi connectivity index (χ4n) is 2.25. The number of nitrogens with one attached hydrogen (secondary N) is 1. The third-order valence-electron chi connectivity index (χ3n) is 3.59. The van der Waals surface area contributed by atoms with Crippen LogP contribution in [0.3, 0.4) is 0 Å². The molecule has 0 unspecified atom stereocenters. The van der Waals surface area contributed by atoms with Crippen molar-refractivity contribution in [2.45, 2.75) is 23.9 Å². The summed E-state index contributed by atoms with van der Waals surface area (Å²) in [5.74, 6) is 0.613. The van der Waals surface area contributed by atoms with Gasteiger partial charge >= 0.3 is 6.61 Å². The van der Waals surface area contributed by atoms with Crippen LogP contribution in [0.5, 0.6) is 5.75 Å². The number of furan rings is 1. The van der Waals surface area contributed by atoms with Crippen molar-refractivity contribution in [3.05, 3.63) is 42.7 Å². The normalized spacial score (nSPS) is 12.2. The Morgan fingerprint density at radius 1 is 1.26 bits per heavy atom. The number of alkyl halides is 2. The second-order valence-corrected chi connectivity index (χ2v) is 6.77. The molecule has 1 amide bonds. The summed E-state index contributed by atoms with van der Waals surface area (Å²) >= 11 is 1.18. The van der Waals surface area contributed by atoms with E-state index in [1.807, 2.05) is 0 Å². The number of hydrogen-bond donors (Lipinski definition) is 1. The minimum atomic E-state index is -2.98. The predicted octanol–water partition coefficient (Wildman–Crippen LogP) is 3.80. The third kappa shape index (κ3) is 4.45. The van der Waals surface area contributed by atoms with Crippen molar-refractivity contribution >= 4 is 23.4 Å². The minimum absolute atomic E-state index is 0.100. The Balaban J connectivity index is 1.69. The third-order valence-corrected chi connectivity index (χ3v) is 4.72. The summed E-state index contributed by atoms with van der Waals surface area (Å²) in [5, 5.41) is 10.7. The molecule has 2 aromatic heterocycles. The summed E-state index contributed by atoms with van der Waals surface area (Å²) < 4.78 is 36.4. The van der Waals surface area contributed by atoms with Crippen molar-refractivity contribution in [3.63, 3.8) is 0 Å². The number of amides is 1. The van der Waals surface area contributed by atoms with E-state index in [2.05, 4.69) is 20.3 Å². The second-order valence-electron chi connectivity index (χ2n) is 5.47. The molecule has 3 rings (SSSR count). The zero-order valence-corrected chi connectivity index (χ0v) is 15.2. The maximum Gasteiger partial charge on any atom is 0.387 e. The van der Waals surface area contributed by atoms with Crippen LogP contribution in [0.4, 0.5) is 14.5 Å². The van der Waals surface area contributed by atoms with Gasteiger partial charge in [-0.25, -0.2) is 0 Å². The highest BCUT2D eigenvalue weighted by atomic mass is 32.2. The molecule has 0 radical (unpaired) electrons. The molecule has 3 aromatic rings. The Hall–Kier alpha value is -2.88. The summed E-state index contributed by atoms with van der Waals surface area (Å²) in [4.78, 5) is 12.5. The van der Waals surface area contributed by atoms with Crippen molar-refractivity contribution < 1.29 is 22.7 Å². The van der Waals surface area contributed by atoms with Gasteiger partial charge in [0, 0.05) is 7.05 Å². The lowest BCUT2D eigenvalue weighted by Gasteiger charge is -2.14. The van der Waals surface area contributed by atoms with E-state index in [4.69, 9.17) is 4.42 Å². The number of benzene rings is 1. The first-order valence-corrected chi connectivity index (χ1v) is 8.78. The predicted molar refractivity (Wildman–Crippen MR) is 95.7 cm³/mol. The molecule has 10 heteroatoms. The van der Waals surface area contributed by atoms with Gasteiger partial charge in [-0.2, -0.15) is 8.78 Å². The number of carbonyl (C=O) groups is 1. The lowest BCUT2D eigenvalue weighted by molar-refractivity contribution is -0.115. The summed E-state index contributed by atoms with van der Waals surface area (Å²) in [6, 6.07) is 9.51. The van der Waals surface area contributed by atoms with Crippen LogP contribution in [0.25, 0.3) is 11.6 Å². The number of nitrogens with zero attached hydrogens (tertiary/aromatic N) is 3. The van der Waals surface area contributed by atoms with Gasteiger partial charge in [0.25, 0.3) is 0 Å². The molecule has 0 saturated heterocycles. The number of thioether (sulfide) groups is 1. The van der Waals surface area contributed by atoms with Crippen LogP contribution in [0.15, 0.2) is 52.2 Å². The van der Waals surface area contributed by atoms with E-state index in [1.165, 1.54) is 30.2 Å². The molecule has 7 nitrogen and oxygen atoms in total. The van der Waals surface area contributed by atoms with Gasteiger partial charge in [0.1, 0.15) is 5.75 Å². The fraction of sp³-hybridized carbons (Fsp3) is 0.235. The molecule has 0 aliphatic heterocycles. The lowest BCUT2D eigenvalue weighted by Crippen LogP contribution is -2.23. The van der Waals surface area contributed by atoms with E-state index in [0.717, 1.165) is 0 Å². The number of carbonyl (C=O) groups excluding carboxylic acids is 1. The molecule has 0 spiro atoms. The Morgan fingerprint density at radius 3 is 2.74 bits per heavy atom. The molecule has 1 atom stereocenters. The molecular weight excluding hydrogens is 378 g/mol. The Bertz CT molecular complexity index is 915. The Morgan fingerprint density at radius 2 is 2.04 bits per heavy atom. The maximum absolute atomic E-state index is 12.5. The van der Waals surface area contributed by atoms with Crippen LogP contribution in [0.2, 0.25) is 0 Å². The average Bonchev–Trinajstić information content (AvgIpc) is 3.26. The van der Waals surface area contributed by atoms with Gasteiger partial charge in [0.15, 0.2) is 16.7 Å². The number of aromatic nitrogens is 3. The molecular formula is C17H16F2N4O3S. The highest BCUT2D eigenvalue weighted by Crippen LogP contribution is 2.29. The average molecular weight is 394 g/mol. The van der Waals surface area contributed by atoms with E-state index in [1.54, 1.807) is 42.8 Å². The molecule has 0 saturated carbocycles. The number of ether oxygens (including phenoxy) is 1. The van der Waals surface area contributed by atoms with E-state index < -0.39 is 11.9 Å². The smallest absolute Gasteiger partial charge is 0.387 e. The molecule has 1 aromatic carbocycles. The van der Waals surface area contributed by atoms with Crippen molar-refractivity contribution in [2.24, 2.45) is 7.05 Å². The summed E-state index contributed by atoms with van der Waals surface area (Å²) in [7, 11) is 1.76. The Labute approximate surface area is 157 Å². The van der Waals surface area contributed by atoms with E-state index in [0.29, 0.717) is 16.7 Å². The zero-order valence-electron chi connectivity index (χ0n) is 14.4. The number of halogens is 2. The van der Waals surface area contributed by atoms with Gasteiger partial charge in [0.2, 0.25) is 5.91 Å². The molecule has 0 aliphatic carbocycles. The van der Waals surface area contributed by atoms with Gasteiger partial charge in [-0.05, 0) is 31.2 Å². The Kier molecular flexibility index (Phi) is 5.75. The maximum atomic E-state index is 12.5. The summed E-state index contributed by atoms with van der Waals surface area (Å²) in [5.41, 5.74) is 0.171. The van der Waals surface area contributed by atoms with Crippen LogP contribution in [-0.2, 0) is 11.8 Å². The van der Waals surface area contributed by atoms with Crippen LogP contribution >= 0.6 is 11.8 Å². The lowest BCUT2D eigenvalue weighted by atomic mass is 10.3. The standard InChI is InChI=1S/C17H16F2N4O3S/c1-10(15(24)20-11-6-3-4-7-12(11)26-16(18)19)27-17-22-21-14(23(17)2)13-8-5-9-25-13/h3-10,16H,1-2H3,(H,20,24)/t10-/m0/s1. The first-order valence-electron chi connectivity index (χ1n) is 7.90. The van der Waals surface area contributed by atoms with Crippen LogP contribution in [0.1, 0.15) is 6.92 Å². The molecule has 2 heterocycles. The zero-order chi connectivity index (χ0) is 19.4. The van der Waals surface area contributed by atoms with E-state index in [-0.39, 0.29) is 17.3 Å². The van der Waals surface area contributed by atoms with Gasteiger partial charge in [0.05, 0.1) is 17.2 Å². The number of hydrogen-bond acceptors (Lipinski definition) is 6. The molecule has 142 valence electrons. The molecule has 27 heavy (non-hydrogen) atoms. The SMILES string of the molecule is C[C@H](Sc1nnc(-c2ccco2)n1C)C(=O)Nc1ccccc1OC(F)F. The highest BCUT2D eigenvalue weighted by molar-refractivity contribution is 8.00. The first kappa shape index (κ1) is 18.9. The minimum Gasteiger partial charge on any atom is -0.461 e. The first-order chi connectivity index (χ1) is 13.0. The van der Waals surface area contributed by atoms with Crippen LogP contribution in [0, 0.1) is 0 Å². The number of rotatable bonds is 7. The van der Waals surface area contributed by atoms with Crippen LogP contribution < -0.4 is 10.1 Å².